The van der Waals surface area contributed by atoms with Crippen LogP contribution >= 0.6 is 69.6 Å². The monoisotopic (exact) mass is 521 g/mol. The van der Waals surface area contributed by atoms with E-state index in [2.05, 4.69) is 0 Å². The van der Waals surface area contributed by atoms with Crippen molar-refractivity contribution in [2.45, 2.75) is 40.8 Å². The van der Waals surface area contributed by atoms with Crippen LogP contribution in [-0.4, -0.2) is 49.9 Å². The Morgan fingerprint density at radius 2 is 1.66 bits per heavy atom. The van der Waals surface area contributed by atoms with E-state index in [0.717, 1.165) is 4.90 Å². The maximum atomic E-state index is 13.2. The van der Waals surface area contributed by atoms with Crippen molar-refractivity contribution < 1.29 is 19.1 Å². The molecule has 4 aliphatic rings. The van der Waals surface area contributed by atoms with Crippen molar-refractivity contribution in [3.63, 3.8) is 0 Å². The molecular formula is C18H17Cl6NO4. The minimum Gasteiger partial charge on any atom is -0.464 e. The van der Waals surface area contributed by atoms with Crippen molar-refractivity contribution in [2.75, 3.05) is 13.2 Å². The molecule has 1 saturated heterocycles. The largest absolute Gasteiger partial charge is 0.464 e. The molecule has 29 heavy (non-hydrogen) atoms. The second-order valence-corrected chi connectivity index (χ2v) is 11.7. The summed E-state index contributed by atoms with van der Waals surface area (Å²) >= 11 is 39.9. The average Bonchev–Trinajstić information content (AvgIpc) is 2.95. The van der Waals surface area contributed by atoms with Crippen LogP contribution < -0.4 is 0 Å². The Labute approximate surface area is 197 Å². The van der Waals surface area contributed by atoms with Crippen molar-refractivity contribution in [1.29, 1.82) is 0 Å². The number of imide groups is 1. The molecule has 6 unspecified atom stereocenters. The number of fused-ring (bicyclic) bond motifs is 6. The van der Waals surface area contributed by atoms with Gasteiger partial charge in [0, 0.05) is 6.92 Å². The van der Waals surface area contributed by atoms with Crippen LogP contribution in [0.2, 0.25) is 0 Å². The van der Waals surface area contributed by atoms with Crippen molar-refractivity contribution >= 4 is 87.4 Å². The van der Waals surface area contributed by atoms with Crippen molar-refractivity contribution in [3.8, 4) is 0 Å². The molecule has 4 rings (SSSR count). The fraction of sp³-hybridized carbons (Fsp3) is 0.722. The predicted octanol–water partition coefficient (Wildman–Crippen LogP) is 4.41. The lowest BCUT2D eigenvalue weighted by molar-refractivity contribution is -0.147. The summed E-state index contributed by atoms with van der Waals surface area (Å²) in [6, 6.07) is 0. The first-order chi connectivity index (χ1) is 13.3. The maximum Gasteiger partial charge on any atom is 0.302 e. The van der Waals surface area contributed by atoms with Gasteiger partial charge in [-0.1, -0.05) is 46.4 Å². The molecule has 0 aromatic carbocycles. The lowest BCUT2D eigenvalue weighted by Gasteiger charge is -2.46. The Morgan fingerprint density at radius 3 is 2.21 bits per heavy atom. The standard InChI is InChI=1S/C18H17Cl6NO4/c1-7(26)29-4-3-25-13(27)9-5-8-10(6-15(9,2)14(25)28)17(22)12(20)11(19)16(8,21)18(17,23)24/h8-10H,3-6H2,1-2H3. The summed E-state index contributed by atoms with van der Waals surface area (Å²) in [5.41, 5.74) is -1.01. The number of ether oxygens (including phenoxy) is 1. The molecule has 0 radical (unpaired) electrons. The maximum absolute atomic E-state index is 13.2. The summed E-state index contributed by atoms with van der Waals surface area (Å²) in [4.78, 5) is 35.5. The van der Waals surface area contributed by atoms with Crippen molar-refractivity contribution in [2.24, 2.45) is 23.2 Å². The molecule has 0 aromatic rings. The highest BCUT2D eigenvalue weighted by Crippen LogP contribution is 2.79. The normalized spacial score (nSPS) is 45.0. The van der Waals surface area contributed by atoms with Gasteiger partial charge in [0.1, 0.15) is 16.4 Å². The van der Waals surface area contributed by atoms with E-state index in [9.17, 15) is 14.4 Å². The topological polar surface area (TPSA) is 63.7 Å². The molecular weight excluding hydrogens is 507 g/mol. The van der Waals surface area contributed by atoms with Gasteiger partial charge in [-0.15, -0.1) is 23.2 Å². The first kappa shape index (κ1) is 22.3. The predicted molar refractivity (Wildman–Crippen MR) is 112 cm³/mol. The summed E-state index contributed by atoms with van der Waals surface area (Å²) in [6.45, 7) is 2.92. The summed E-state index contributed by atoms with van der Waals surface area (Å²) in [6.07, 6.45) is 0.478. The Balaban J connectivity index is 1.70. The summed E-state index contributed by atoms with van der Waals surface area (Å²) in [5, 5.41) is 0.182. The highest BCUT2D eigenvalue weighted by atomic mass is 35.5. The van der Waals surface area contributed by atoms with E-state index in [1.54, 1.807) is 6.92 Å². The van der Waals surface area contributed by atoms with Crippen LogP contribution in [0.25, 0.3) is 0 Å². The third-order valence-corrected chi connectivity index (χ3v) is 11.4. The van der Waals surface area contributed by atoms with Crippen LogP contribution in [0.1, 0.15) is 26.7 Å². The minimum absolute atomic E-state index is 0.00851. The zero-order valence-electron chi connectivity index (χ0n) is 15.4. The molecule has 0 spiro atoms. The number of alkyl halides is 4. The number of halogens is 6. The number of carbonyl (C=O) groups is 3. The van der Waals surface area contributed by atoms with Gasteiger partial charge in [0.2, 0.25) is 11.8 Å². The summed E-state index contributed by atoms with van der Waals surface area (Å²) in [7, 11) is 0. The van der Waals surface area contributed by atoms with E-state index in [4.69, 9.17) is 74.3 Å². The van der Waals surface area contributed by atoms with Gasteiger partial charge < -0.3 is 4.74 Å². The Hall–Kier alpha value is 0.0900. The number of esters is 1. The lowest BCUT2D eigenvalue weighted by Crippen LogP contribution is -2.49. The SMILES string of the molecule is CC(=O)OCCN1C(=O)C2CC3C(CC2(C)C1=O)C1(Cl)C(Cl)=C(Cl)C3(Cl)C1(Cl)Cl. The minimum atomic E-state index is -1.69. The number of nitrogens with zero attached hydrogens (tertiary/aromatic N) is 1. The van der Waals surface area contributed by atoms with Gasteiger partial charge in [-0.05, 0) is 31.6 Å². The van der Waals surface area contributed by atoms with Gasteiger partial charge in [-0.3, -0.25) is 19.3 Å². The molecule has 0 aromatic heterocycles. The van der Waals surface area contributed by atoms with E-state index in [0.29, 0.717) is 0 Å². The quantitative estimate of drug-likeness (QED) is 0.312. The molecule has 2 saturated carbocycles. The van der Waals surface area contributed by atoms with E-state index >= 15 is 0 Å². The molecule has 0 N–H and O–H groups in total. The molecule has 11 heteroatoms. The van der Waals surface area contributed by atoms with Gasteiger partial charge in [0.05, 0.1) is 27.9 Å². The third kappa shape index (κ3) is 2.41. The molecule has 5 nitrogen and oxygen atoms in total. The molecule has 3 fully saturated rings. The first-order valence-electron chi connectivity index (χ1n) is 9.07. The average molecular weight is 524 g/mol. The Morgan fingerprint density at radius 1 is 1.10 bits per heavy atom. The van der Waals surface area contributed by atoms with Crippen LogP contribution in [-0.2, 0) is 19.1 Å². The molecule has 3 aliphatic carbocycles. The second-order valence-electron chi connectivity index (χ2n) is 8.38. The fourth-order valence-electron chi connectivity index (χ4n) is 5.63. The molecule has 1 aliphatic heterocycles. The number of carbonyl (C=O) groups excluding carboxylic acids is 3. The van der Waals surface area contributed by atoms with Crippen molar-refractivity contribution in [3.05, 3.63) is 10.1 Å². The zero-order valence-corrected chi connectivity index (χ0v) is 19.9. The van der Waals surface area contributed by atoms with Gasteiger partial charge >= 0.3 is 5.97 Å². The third-order valence-electron chi connectivity index (χ3n) is 7.07. The van der Waals surface area contributed by atoms with E-state index < -0.39 is 43.2 Å². The number of hydrogen-bond donors (Lipinski definition) is 0. The van der Waals surface area contributed by atoms with Crippen LogP contribution in [0.5, 0.6) is 0 Å². The number of likely N-dealkylation sites (tertiary alicyclic amines) is 1. The van der Waals surface area contributed by atoms with Gasteiger partial charge in [-0.25, -0.2) is 0 Å². The molecule has 2 bridgehead atoms. The van der Waals surface area contributed by atoms with Crippen molar-refractivity contribution in [1.82, 2.24) is 4.90 Å². The highest BCUT2D eigenvalue weighted by Gasteiger charge is 2.84. The first-order valence-corrected chi connectivity index (χ1v) is 11.3. The van der Waals surface area contributed by atoms with E-state index in [1.165, 1.54) is 6.92 Å². The summed E-state index contributed by atoms with van der Waals surface area (Å²) in [5.74, 6) is -2.67. The molecule has 2 amide bonds. The second kappa shape index (κ2) is 6.55. The van der Waals surface area contributed by atoms with Gasteiger partial charge in [-0.2, -0.15) is 0 Å². The van der Waals surface area contributed by atoms with Crippen LogP contribution in [0.15, 0.2) is 10.1 Å². The molecule has 6 atom stereocenters. The number of amides is 2. The van der Waals surface area contributed by atoms with Crippen LogP contribution in [0.4, 0.5) is 0 Å². The Kier molecular flexibility index (Phi) is 5.04. The van der Waals surface area contributed by atoms with E-state index in [1.807, 2.05) is 0 Å². The van der Waals surface area contributed by atoms with Crippen LogP contribution in [0.3, 0.4) is 0 Å². The molecule has 160 valence electrons. The van der Waals surface area contributed by atoms with Gasteiger partial charge in [0.15, 0.2) is 4.33 Å². The van der Waals surface area contributed by atoms with Crippen LogP contribution in [0, 0.1) is 23.2 Å². The molecule has 1 heterocycles. The fourth-order valence-corrected chi connectivity index (χ4v) is 8.72. The Bertz CT molecular complexity index is 876. The van der Waals surface area contributed by atoms with Gasteiger partial charge in [0.25, 0.3) is 0 Å². The number of hydrogen-bond acceptors (Lipinski definition) is 4. The number of rotatable bonds is 3. The summed E-state index contributed by atoms with van der Waals surface area (Å²) < 4.78 is 3.20. The number of allylic oxidation sites excluding steroid dienone is 2. The smallest absolute Gasteiger partial charge is 0.302 e. The zero-order chi connectivity index (χ0) is 21.7. The highest BCUT2D eigenvalue weighted by molar-refractivity contribution is 6.65. The van der Waals surface area contributed by atoms with E-state index in [-0.39, 0.29) is 47.9 Å². The lowest BCUT2D eigenvalue weighted by atomic mass is 9.58.